The molecule has 2 unspecified atom stereocenters. The summed E-state index contributed by atoms with van der Waals surface area (Å²) in [6.45, 7) is 20.1. The Morgan fingerprint density at radius 1 is 0.657 bits per heavy atom. The molecule has 0 saturated carbocycles. The molecule has 18 heteroatoms. The summed E-state index contributed by atoms with van der Waals surface area (Å²) in [7, 11) is -10.6. The summed E-state index contributed by atoms with van der Waals surface area (Å²) in [5, 5.41) is 21.0. The molecule has 0 aliphatic carbocycles. The van der Waals surface area contributed by atoms with E-state index in [1.807, 2.05) is 26.0 Å². The van der Waals surface area contributed by atoms with Crippen LogP contribution < -0.4 is 11.4 Å². The lowest BCUT2D eigenvalue weighted by atomic mass is 10.0. The first-order valence-corrected chi connectivity index (χ1v) is 27.4. The highest BCUT2D eigenvalue weighted by Crippen LogP contribution is 2.60. The Morgan fingerprint density at radius 2 is 1.09 bits per heavy atom. The van der Waals surface area contributed by atoms with Crippen molar-refractivity contribution in [1.29, 1.82) is 0 Å². The first-order valence-electron chi connectivity index (χ1n) is 24.4. The van der Waals surface area contributed by atoms with Crippen LogP contribution in [0.5, 0.6) is 0 Å². The van der Waals surface area contributed by atoms with E-state index in [4.69, 9.17) is 29.0 Å². The van der Waals surface area contributed by atoms with Crippen LogP contribution in [-0.2, 0) is 36.7 Å². The number of phosphoric acid groups is 2. The molecule has 2 heterocycles. The summed E-state index contributed by atoms with van der Waals surface area (Å²) in [6.07, 6.45) is 23.4. The smallest absolute Gasteiger partial charge is 0.387 e. The van der Waals surface area contributed by atoms with Crippen LogP contribution in [0, 0.1) is 0 Å². The van der Waals surface area contributed by atoms with Gasteiger partial charge in [-0.25, -0.2) is 13.9 Å². The van der Waals surface area contributed by atoms with E-state index in [9.17, 15) is 33.9 Å². The minimum atomic E-state index is -5.34. The summed E-state index contributed by atoms with van der Waals surface area (Å²) in [4.78, 5) is 36.7. The third-order valence-electron chi connectivity index (χ3n) is 11.4. The number of rotatable bonds is 34. The average molecular weight is 1020 g/mol. The Labute approximate surface area is 418 Å². The van der Waals surface area contributed by atoms with Gasteiger partial charge in [-0.3, -0.25) is 13.6 Å². The van der Waals surface area contributed by atoms with Gasteiger partial charge in [-0.1, -0.05) is 93.2 Å². The summed E-state index contributed by atoms with van der Waals surface area (Å²) in [5.41, 5.74) is 15.1. The third-order valence-corrected chi connectivity index (χ3v) is 14.0. The number of aliphatic hydroxyl groups is 2. The maximum Gasteiger partial charge on any atom is 0.481 e. The van der Waals surface area contributed by atoms with Crippen molar-refractivity contribution in [3.05, 3.63) is 116 Å². The van der Waals surface area contributed by atoms with Gasteiger partial charge in [-0.15, -0.1) is 0 Å². The zero-order valence-electron chi connectivity index (χ0n) is 43.5. The van der Waals surface area contributed by atoms with Gasteiger partial charge in [0.1, 0.15) is 30.2 Å². The molecule has 0 aromatic carbocycles. The van der Waals surface area contributed by atoms with Crippen LogP contribution >= 0.6 is 15.6 Å². The fourth-order valence-electron chi connectivity index (χ4n) is 7.08. The van der Waals surface area contributed by atoms with Crippen molar-refractivity contribution < 1.29 is 56.7 Å². The number of ether oxygens (including phenoxy) is 3. The van der Waals surface area contributed by atoms with Crippen molar-refractivity contribution in [2.75, 3.05) is 38.8 Å². The van der Waals surface area contributed by atoms with Crippen LogP contribution in [0.2, 0.25) is 0 Å². The van der Waals surface area contributed by atoms with Crippen molar-refractivity contribution in [2.24, 2.45) is 0 Å². The lowest BCUT2D eigenvalue weighted by Crippen LogP contribution is -2.36. The lowest BCUT2D eigenvalue weighted by Gasteiger charge is -2.21. The topological polar surface area (TPSA) is 231 Å². The summed E-state index contributed by atoms with van der Waals surface area (Å²) in [6, 6.07) is 1.27. The molecular weight excluding hydrogens is 937 g/mol. The molecule has 0 radical (unpaired) electrons. The molecule has 2 rings (SSSR count). The molecule has 1 fully saturated rings. The van der Waals surface area contributed by atoms with Crippen molar-refractivity contribution in [1.82, 2.24) is 9.55 Å². The second-order valence-corrected chi connectivity index (χ2v) is 21.8. The molecule has 70 heavy (non-hydrogen) atoms. The third kappa shape index (κ3) is 28.0. The molecule has 6 N–H and O–H groups in total. The Bertz CT molecular complexity index is 2170. The summed E-state index contributed by atoms with van der Waals surface area (Å²) >= 11 is 0. The van der Waals surface area contributed by atoms with Crippen LogP contribution in [0.3, 0.4) is 0 Å². The molecule has 1 aromatic heterocycles. The number of anilines is 1. The predicted molar refractivity (Wildman–Crippen MR) is 279 cm³/mol. The quantitative estimate of drug-likeness (QED) is 0.0245. The largest absolute Gasteiger partial charge is 0.481 e. The number of aromatic nitrogens is 2. The fourth-order valence-corrected chi connectivity index (χ4v) is 9.19. The molecule has 16 nitrogen and oxygen atoms in total. The molecule has 1 aliphatic heterocycles. The van der Waals surface area contributed by atoms with E-state index in [0.29, 0.717) is 0 Å². The highest BCUT2D eigenvalue weighted by Gasteiger charge is 2.46. The SMILES string of the molecule is CC(C)=CCC/C(C)=C/CC/C(C)=C/CC/C(C)=C/COC[C@@H](COP(=O)(O)OP(=O)(O)OC[C@H]1O[C@@H](n2ccc(N)nc2=O)[C@H](O)[C@@H]1O)OC/C=C(\C)CC/C=C(\C)CC/C=C(\C)CCC=C(C)C. The van der Waals surface area contributed by atoms with Gasteiger partial charge < -0.3 is 39.9 Å². The second-order valence-electron chi connectivity index (χ2n) is 18.8. The van der Waals surface area contributed by atoms with E-state index < -0.39 is 65.2 Å². The lowest BCUT2D eigenvalue weighted by molar-refractivity contribution is -0.0545. The minimum Gasteiger partial charge on any atom is -0.387 e. The molecule has 1 aliphatic rings. The van der Waals surface area contributed by atoms with E-state index in [1.165, 1.54) is 45.7 Å². The number of hydrogen-bond donors (Lipinski definition) is 5. The number of nitrogens with zero attached hydrogens (tertiary/aromatic N) is 2. The van der Waals surface area contributed by atoms with E-state index in [0.717, 1.165) is 92.8 Å². The van der Waals surface area contributed by atoms with Gasteiger partial charge >= 0.3 is 21.3 Å². The van der Waals surface area contributed by atoms with Gasteiger partial charge in [0.05, 0.1) is 33.0 Å². The van der Waals surface area contributed by atoms with Crippen LogP contribution in [0.25, 0.3) is 0 Å². The van der Waals surface area contributed by atoms with E-state index in [-0.39, 0.29) is 25.6 Å². The molecule has 0 spiro atoms. The zero-order valence-corrected chi connectivity index (χ0v) is 45.3. The van der Waals surface area contributed by atoms with E-state index in [2.05, 4.69) is 101 Å². The zero-order chi connectivity index (χ0) is 52.3. The Morgan fingerprint density at radius 3 is 1.54 bits per heavy atom. The standard InChI is InChI=1S/C52H85N3O13P2/c1-38(2)17-11-19-40(5)21-13-23-42(7)25-15-27-44(9)30-33-63-35-46(64-34-31-45(10)28-16-26-43(8)24-14-22-41(6)20-12-18-39(3)4)36-65-69(59,60)68-70(61,62)66-37-47-49(56)50(57)51(67-47)55-32-29-48(53)54-52(55)58/h17-18,21-22,25-26,29-32,46-47,49-51,56-57H,11-16,19-20,23-24,27-28,33-37H2,1-10H3,(H,59,60)(H,61,62)(H2,53,54,58)/b40-21+,41-22+,42-25+,43-26+,44-30+,45-31+/t46-,47+,49+,50+,51+/m0/s1. The van der Waals surface area contributed by atoms with Crippen LogP contribution in [0.4, 0.5) is 5.82 Å². The summed E-state index contributed by atoms with van der Waals surface area (Å²) < 4.78 is 58.6. The maximum absolute atomic E-state index is 13.0. The fraction of sp³-hybridized carbons (Fsp3) is 0.615. The van der Waals surface area contributed by atoms with E-state index in [1.54, 1.807) is 0 Å². The van der Waals surface area contributed by atoms with Gasteiger partial charge in [0, 0.05) is 6.20 Å². The Hall–Kier alpha value is -3.34. The van der Waals surface area contributed by atoms with Gasteiger partial charge in [0.15, 0.2) is 6.23 Å². The highest BCUT2D eigenvalue weighted by molar-refractivity contribution is 7.61. The average Bonchev–Trinajstić information content (AvgIpc) is 3.54. The number of allylic oxidation sites excluding steroid dienone is 14. The monoisotopic (exact) mass is 1020 g/mol. The van der Waals surface area contributed by atoms with Gasteiger partial charge in [0.2, 0.25) is 0 Å². The van der Waals surface area contributed by atoms with Gasteiger partial charge in [-0.05, 0) is 152 Å². The number of nitrogen functional groups attached to an aromatic ring is 1. The van der Waals surface area contributed by atoms with Gasteiger partial charge in [-0.2, -0.15) is 9.29 Å². The normalized spacial score (nSPS) is 20.8. The molecular formula is C52H85N3O13P2. The highest BCUT2D eigenvalue weighted by atomic mass is 31.3. The van der Waals surface area contributed by atoms with Crippen LogP contribution in [0.15, 0.2) is 110 Å². The first kappa shape index (κ1) is 62.8. The van der Waals surface area contributed by atoms with Crippen molar-refractivity contribution in [3.63, 3.8) is 0 Å². The molecule has 1 saturated heterocycles. The number of hydrogen-bond acceptors (Lipinski definition) is 13. The molecule has 0 bridgehead atoms. The molecule has 7 atom stereocenters. The Kier molecular flexibility index (Phi) is 30.0. The number of nitrogens with two attached hydrogens (primary N) is 1. The van der Waals surface area contributed by atoms with Crippen molar-refractivity contribution in [2.45, 2.75) is 177 Å². The molecule has 396 valence electrons. The number of aliphatic hydroxyl groups excluding tert-OH is 2. The number of phosphoric ester groups is 2. The van der Waals surface area contributed by atoms with Gasteiger partial charge in [0.25, 0.3) is 0 Å². The van der Waals surface area contributed by atoms with Crippen molar-refractivity contribution in [3.8, 4) is 0 Å². The van der Waals surface area contributed by atoms with Crippen LogP contribution in [-0.4, -0.2) is 87.0 Å². The first-order chi connectivity index (χ1) is 33.0. The predicted octanol–water partition coefficient (Wildman–Crippen LogP) is 11.4. The Balaban J connectivity index is 1.99. The molecule has 1 aromatic rings. The molecule has 0 amide bonds. The van der Waals surface area contributed by atoms with E-state index >= 15 is 0 Å². The van der Waals surface area contributed by atoms with Crippen molar-refractivity contribution >= 4 is 21.5 Å². The van der Waals surface area contributed by atoms with Crippen LogP contribution in [0.1, 0.15) is 153 Å². The maximum atomic E-state index is 13.0. The summed E-state index contributed by atoms with van der Waals surface area (Å²) in [5.74, 6) is -0.0797. The second kappa shape index (κ2) is 33.4. The minimum absolute atomic E-state index is 0.0396.